The van der Waals surface area contributed by atoms with E-state index >= 15 is 0 Å². The summed E-state index contributed by atoms with van der Waals surface area (Å²) in [5.41, 5.74) is -0.893. The minimum absolute atomic E-state index is 0.0547. The van der Waals surface area contributed by atoms with Crippen LogP contribution in [0.15, 0.2) is 6.07 Å². The van der Waals surface area contributed by atoms with Gasteiger partial charge in [-0.1, -0.05) is 0 Å². The number of halogens is 3. The minimum Gasteiger partial charge on any atom is -0.391 e. The first-order valence-corrected chi connectivity index (χ1v) is 4.88. The van der Waals surface area contributed by atoms with Gasteiger partial charge in [0, 0.05) is 17.3 Å². The fraction of sp³-hybridized carbons (Fsp3) is 0.375. The molecule has 0 spiro atoms. The van der Waals surface area contributed by atoms with E-state index in [4.69, 9.17) is 5.11 Å². The molecule has 0 radical (unpaired) electrons. The van der Waals surface area contributed by atoms with E-state index < -0.39 is 11.9 Å². The predicted molar refractivity (Wildman–Crippen MR) is 49.5 cm³/mol. The number of fused-ring (bicyclic) bond motifs is 1. The zero-order valence-electron chi connectivity index (χ0n) is 7.67. The molecule has 0 aromatic carbocycles. The topological polar surface area (TPSA) is 38.0 Å². The van der Waals surface area contributed by atoms with Crippen molar-refractivity contribution in [3.63, 3.8) is 0 Å². The molecule has 0 fully saturated rings. The summed E-state index contributed by atoms with van der Waals surface area (Å²) in [7, 11) is 1.45. The normalized spacial score (nSPS) is 12.6. The Bertz CT molecular complexity index is 500. The van der Waals surface area contributed by atoms with E-state index in [1.165, 1.54) is 17.8 Å². The van der Waals surface area contributed by atoms with Gasteiger partial charge in [-0.05, 0) is 6.07 Å². The summed E-state index contributed by atoms with van der Waals surface area (Å²) < 4.78 is 38.7. The highest BCUT2D eigenvalue weighted by molar-refractivity contribution is 7.18. The van der Waals surface area contributed by atoms with Crippen molar-refractivity contribution >= 4 is 21.6 Å². The van der Waals surface area contributed by atoms with E-state index in [9.17, 15) is 13.2 Å². The number of hydrogen-bond donors (Lipinski definition) is 1. The van der Waals surface area contributed by atoms with Crippen molar-refractivity contribution in [2.24, 2.45) is 7.05 Å². The Hall–Kier alpha value is -1.08. The van der Waals surface area contributed by atoms with Crippen LogP contribution in [0.25, 0.3) is 10.2 Å². The maximum atomic E-state index is 12.5. The fourth-order valence-electron chi connectivity index (χ4n) is 1.38. The molecule has 0 saturated carbocycles. The summed E-state index contributed by atoms with van der Waals surface area (Å²) in [6.45, 7) is -0.253. The highest BCUT2D eigenvalue weighted by atomic mass is 32.1. The molecule has 82 valence electrons. The zero-order chi connectivity index (χ0) is 11.2. The first kappa shape index (κ1) is 10.4. The Kier molecular flexibility index (Phi) is 2.23. The van der Waals surface area contributed by atoms with Crippen LogP contribution in [0.1, 0.15) is 10.6 Å². The molecule has 2 heterocycles. The van der Waals surface area contributed by atoms with Crippen molar-refractivity contribution in [2.45, 2.75) is 12.8 Å². The zero-order valence-corrected chi connectivity index (χ0v) is 8.48. The molecular formula is C8H7F3N2OS. The minimum atomic E-state index is -4.45. The van der Waals surface area contributed by atoms with Crippen LogP contribution in [-0.2, 0) is 19.8 Å². The second kappa shape index (κ2) is 3.21. The van der Waals surface area contributed by atoms with Gasteiger partial charge < -0.3 is 5.11 Å². The first-order valence-electron chi connectivity index (χ1n) is 4.07. The third kappa shape index (κ3) is 1.61. The second-order valence-electron chi connectivity index (χ2n) is 3.06. The molecule has 3 nitrogen and oxygen atoms in total. The molecule has 2 rings (SSSR count). The van der Waals surface area contributed by atoms with Gasteiger partial charge in [0.2, 0.25) is 0 Å². The monoisotopic (exact) mass is 236 g/mol. The summed E-state index contributed by atoms with van der Waals surface area (Å²) in [6, 6.07) is 1.33. The molecule has 15 heavy (non-hydrogen) atoms. The summed E-state index contributed by atoms with van der Waals surface area (Å²) in [5.74, 6) is 0. The highest BCUT2D eigenvalue weighted by Gasteiger charge is 2.37. The van der Waals surface area contributed by atoms with Gasteiger partial charge in [0.25, 0.3) is 0 Å². The van der Waals surface area contributed by atoms with Crippen molar-refractivity contribution in [2.75, 3.05) is 0 Å². The molecule has 1 N–H and O–H groups in total. The third-order valence-electron chi connectivity index (χ3n) is 1.99. The van der Waals surface area contributed by atoms with E-state index in [-0.39, 0.29) is 12.0 Å². The standard InChI is InChI=1S/C8H7F3N2OS/c1-13-7-5(2-4(3-14)15-7)6(12-13)8(9,10)11/h2,14H,3H2,1H3. The van der Waals surface area contributed by atoms with Crippen LogP contribution in [0.5, 0.6) is 0 Å². The van der Waals surface area contributed by atoms with E-state index in [1.807, 2.05) is 0 Å². The maximum Gasteiger partial charge on any atom is 0.435 e. The van der Waals surface area contributed by atoms with Crippen LogP contribution in [-0.4, -0.2) is 14.9 Å². The van der Waals surface area contributed by atoms with Crippen LogP contribution < -0.4 is 0 Å². The number of aromatic nitrogens is 2. The van der Waals surface area contributed by atoms with Crippen molar-refractivity contribution < 1.29 is 18.3 Å². The van der Waals surface area contributed by atoms with E-state index in [1.54, 1.807) is 0 Å². The Morgan fingerprint density at radius 3 is 2.73 bits per heavy atom. The Balaban J connectivity index is 2.70. The average molecular weight is 236 g/mol. The lowest BCUT2D eigenvalue weighted by atomic mass is 10.3. The van der Waals surface area contributed by atoms with Crippen molar-refractivity contribution in [1.82, 2.24) is 9.78 Å². The van der Waals surface area contributed by atoms with Gasteiger partial charge in [0.05, 0.1) is 6.61 Å². The van der Waals surface area contributed by atoms with E-state index in [2.05, 4.69) is 5.10 Å². The number of hydrogen-bond acceptors (Lipinski definition) is 3. The summed E-state index contributed by atoms with van der Waals surface area (Å²) >= 11 is 1.11. The maximum absolute atomic E-state index is 12.5. The number of thiophene rings is 1. The van der Waals surface area contributed by atoms with Crippen LogP contribution in [0, 0.1) is 0 Å². The molecule has 0 aliphatic rings. The Morgan fingerprint density at radius 2 is 2.20 bits per heavy atom. The van der Waals surface area contributed by atoms with Gasteiger partial charge in [0.15, 0.2) is 5.69 Å². The molecular weight excluding hydrogens is 229 g/mol. The SMILES string of the molecule is Cn1nc(C(F)(F)F)c2cc(CO)sc21. The number of alkyl halides is 3. The molecule has 2 aromatic heterocycles. The highest BCUT2D eigenvalue weighted by Crippen LogP contribution is 2.37. The van der Waals surface area contributed by atoms with Crippen LogP contribution >= 0.6 is 11.3 Å². The number of aliphatic hydroxyl groups excluding tert-OH is 1. The summed E-state index contributed by atoms with van der Waals surface area (Å²) in [5, 5.41) is 12.3. The number of aliphatic hydroxyl groups is 1. The lowest BCUT2D eigenvalue weighted by Crippen LogP contribution is -2.07. The van der Waals surface area contributed by atoms with Gasteiger partial charge in [-0.25, -0.2) is 0 Å². The summed E-state index contributed by atoms with van der Waals surface area (Å²) in [6.07, 6.45) is -4.45. The van der Waals surface area contributed by atoms with E-state index in [0.717, 1.165) is 11.3 Å². The van der Waals surface area contributed by atoms with Crippen molar-refractivity contribution in [3.8, 4) is 0 Å². The van der Waals surface area contributed by atoms with Gasteiger partial charge in [-0.15, -0.1) is 11.3 Å². The first-order chi connectivity index (χ1) is 6.93. The smallest absolute Gasteiger partial charge is 0.391 e. The third-order valence-corrected chi connectivity index (χ3v) is 3.17. The average Bonchev–Trinajstić information content (AvgIpc) is 2.65. The van der Waals surface area contributed by atoms with Gasteiger partial charge in [0.1, 0.15) is 4.83 Å². The molecule has 0 amide bonds. The number of aryl methyl sites for hydroxylation is 1. The largest absolute Gasteiger partial charge is 0.435 e. The predicted octanol–water partition coefficient (Wildman–Crippen LogP) is 2.15. The quantitative estimate of drug-likeness (QED) is 0.823. The molecule has 2 aromatic rings. The molecule has 0 aliphatic carbocycles. The fourth-order valence-corrected chi connectivity index (χ4v) is 2.31. The van der Waals surface area contributed by atoms with Gasteiger partial charge in [-0.2, -0.15) is 18.3 Å². The van der Waals surface area contributed by atoms with Crippen molar-refractivity contribution in [3.05, 3.63) is 16.6 Å². The van der Waals surface area contributed by atoms with Crippen LogP contribution in [0.2, 0.25) is 0 Å². The Morgan fingerprint density at radius 1 is 1.53 bits per heavy atom. The van der Waals surface area contributed by atoms with Crippen molar-refractivity contribution in [1.29, 1.82) is 0 Å². The molecule has 0 saturated heterocycles. The van der Waals surface area contributed by atoms with Gasteiger partial charge in [-0.3, -0.25) is 4.68 Å². The number of rotatable bonds is 1. The lowest BCUT2D eigenvalue weighted by molar-refractivity contribution is -0.140. The Labute approximate surface area is 86.7 Å². The van der Waals surface area contributed by atoms with Crippen LogP contribution in [0.4, 0.5) is 13.2 Å². The molecule has 7 heteroatoms. The second-order valence-corrected chi connectivity index (χ2v) is 4.17. The molecule has 0 atom stereocenters. The number of nitrogens with zero attached hydrogens (tertiary/aromatic N) is 2. The molecule has 0 bridgehead atoms. The van der Waals surface area contributed by atoms with E-state index in [0.29, 0.717) is 9.71 Å². The van der Waals surface area contributed by atoms with Crippen LogP contribution in [0.3, 0.4) is 0 Å². The molecule has 0 unspecified atom stereocenters. The summed E-state index contributed by atoms with van der Waals surface area (Å²) in [4.78, 5) is 0.926. The van der Waals surface area contributed by atoms with Gasteiger partial charge >= 0.3 is 6.18 Å². The molecule has 0 aliphatic heterocycles. The lowest BCUT2D eigenvalue weighted by Gasteiger charge is -2.00.